The first-order valence-electron chi connectivity index (χ1n) is 5.73. The molecular weight excluding hydrogens is 283 g/mol. The quantitative estimate of drug-likeness (QED) is 0.836. The van der Waals surface area contributed by atoms with E-state index in [1.165, 1.54) is 18.2 Å². The third kappa shape index (κ3) is 3.28. The fraction of sp³-hybridized carbons (Fsp3) is 0.167. The van der Waals surface area contributed by atoms with Gasteiger partial charge in [-0.2, -0.15) is 0 Å². The summed E-state index contributed by atoms with van der Waals surface area (Å²) in [7, 11) is -4.03. The number of aromatic nitrogens is 2. The van der Waals surface area contributed by atoms with E-state index in [0.717, 1.165) is 6.07 Å². The number of hydrogen-bond acceptors (Lipinski definition) is 5. The number of anilines is 1. The normalized spacial score (nSPS) is 11.3. The van der Waals surface area contributed by atoms with Crippen LogP contribution in [0.15, 0.2) is 35.2 Å². The van der Waals surface area contributed by atoms with Gasteiger partial charge in [0.1, 0.15) is 10.7 Å². The SMILES string of the molecule is Cc1cc(C)nc(NNS(=O)(=O)c2ccccc2F)n1. The van der Waals surface area contributed by atoms with Crippen molar-refractivity contribution in [2.24, 2.45) is 0 Å². The van der Waals surface area contributed by atoms with Gasteiger partial charge in [-0.3, -0.25) is 5.43 Å². The minimum absolute atomic E-state index is 0.0995. The van der Waals surface area contributed by atoms with Crippen LogP contribution in [-0.2, 0) is 10.0 Å². The van der Waals surface area contributed by atoms with E-state index in [2.05, 4.69) is 15.4 Å². The number of sulfonamides is 1. The molecule has 0 bridgehead atoms. The predicted molar refractivity (Wildman–Crippen MR) is 71.9 cm³/mol. The zero-order chi connectivity index (χ0) is 14.8. The predicted octanol–water partition coefficient (Wildman–Crippen LogP) is 1.54. The number of benzene rings is 1. The smallest absolute Gasteiger partial charge is 0.260 e. The van der Waals surface area contributed by atoms with Crippen molar-refractivity contribution in [1.82, 2.24) is 14.8 Å². The summed E-state index contributed by atoms with van der Waals surface area (Å²) in [5, 5.41) is 0. The molecule has 0 aliphatic heterocycles. The van der Waals surface area contributed by atoms with Crippen LogP contribution in [0.1, 0.15) is 11.4 Å². The zero-order valence-electron chi connectivity index (χ0n) is 10.9. The van der Waals surface area contributed by atoms with Gasteiger partial charge in [0.2, 0.25) is 5.95 Å². The lowest BCUT2D eigenvalue weighted by atomic mass is 10.4. The van der Waals surface area contributed by atoms with Crippen LogP contribution in [0.25, 0.3) is 0 Å². The third-order valence-electron chi connectivity index (χ3n) is 2.41. The van der Waals surface area contributed by atoms with Gasteiger partial charge in [-0.1, -0.05) is 12.1 Å². The summed E-state index contributed by atoms with van der Waals surface area (Å²) < 4.78 is 37.3. The maximum Gasteiger partial charge on any atom is 0.260 e. The summed E-state index contributed by atoms with van der Waals surface area (Å²) in [5.41, 5.74) is 3.74. The van der Waals surface area contributed by atoms with Crippen molar-refractivity contribution in [3.63, 3.8) is 0 Å². The van der Waals surface area contributed by atoms with Crippen LogP contribution in [-0.4, -0.2) is 18.4 Å². The Hall–Kier alpha value is -2.06. The highest BCUT2D eigenvalue weighted by Gasteiger charge is 2.18. The van der Waals surface area contributed by atoms with E-state index in [0.29, 0.717) is 11.4 Å². The van der Waals surface area contributed by atoms with Crippen molar-refractivity contribution in [1.29, 1.82) is 0 Å². The fourth-order valence-corrected chi connectivity index (χ4v) is 2.53. The van der Waals surface area contributed by atoms with Gasteiger partial charge in [0.15, 0.2) is 0 Å². The molecule has 106 valence electrons. The lowest BCUT2D eigenvalue weighted by molar-refractivity contribution is 0.561. The number of nitrogens with one attached hydrogen (secondary N) is 2. The Morgan fingerprint density at radius 2 is 1.70 bits per heavy atom. The first kappa shape index (κ1) is 14.4. The maximum atomic E-state index is 13.5. The summed E-state index contributed by atoms with van der Waals surface area (Å²) in [6.07, 6.45) is 0. The second kappa shape index (κ2) is 5.51. The number of hydrazine groups is 1. The number of nitrogens with zero attached hydrogens (tertiary/aromatic N) is 2. The van der Waals surface area contributed by atoms with Crippen molar-refractivity contribution < 1.29 is 12.8 Å². The minimum Gasteiger partial charge on any atom is -0.276 e. The minimum atomic E-state index is -4.03. The van der Waals surface area contributed by atoms with Crippen LogP contribution in [0, 0.1) is 19.7 Å². The summed E-state index contributed by atoms with van der Waals surface area (Å²) in [6.45, 7) is 3.51. The van der Waals surface area contributed by atoms with Crippen molar-refractivity contribution in [3.8, 4) is 0 Å². The fourth-order valence-electron chi connectivity index (χ4n) is 1.61. The molecule has 1 aromatic heterocycles. The second-order valence-electron chi connectivity index (χ2n) is 4.14. The molecule has 0 aliphatic carbocycles. The van der Waals surface area contributed by atoms with E-state index >= 15 is 0 Å². The molecule has 0 radical (unpaired) electrons. The Kier molecular flexibility index (Phi) is 3.96. The van der Waals surface area contributed by atoms with Gasteiger partial charge in [-0.15, -0.1) is 4.83 Å². The zero-order valence-corrected chi connectivity index (χ0v) is 11.7. The van der Waals surface area contributed by atoms with Crippen LogP contribution in [0.2, 0.25) is 0 Å². The topological polar surface area (TPSA) is 84.0 Å². The molecule has 0 aliphatic rings. The molecule has 20 heavy (non-hydrogen) atoms. The highest BCUT2D eigenvalue weighted by molar-refractivity contribution is 7.89. The van der Waals surface area contributed by atoms with Gasteiger partial charge >= 0.3 is 0 Å². The van der Waals surface area contributed by atoms with Crippen LogP contribution in [0.5, 0.6) is 0 Å². The summed E-state index contributed by atoms with van der Waals surface area (Å²) >= 11 is 0. The average Bonchev–Trinajstić information content (AvgIpc) is 2.36. The monoisotopic (exact) mass is 296 g/mol. The molecule has 2 aromatic rings. The molecule has 0 unspecified atom stereocenters. The van der Waals surface area contributed by atoms with Crippen LogP contribution in [0.3, 0.4) is 0 Å². The van der Waals surface area contributed by atoms with E-state index < -0.39 is 20.7 Å². The third-order valence-corrected chi connectivity index (χ3v) is 3.69. The number of hydrogen-bond donors (Lipinski definition) is 2. The molecule has 0 fully saturated rings. The van der Waals surface area contributed by atoms with Gasteiger partial charge < -0.3 is 0 Å². The number of rotatable bonds is 4. The Balaban J connectivity index is 2.20. The first-order chi connectivity index (χ1) is 9.38. The van der Waals surface area contributed by atoms with Crippen LogP contribution in [0.4, 0.5) is 10.3 Å². The summed E-state index contributed by atoms with van der Waals surface area (Å²) in [6, 6.07) is 6.83. The van der Waals surface area contributed by atoms with Crippen molar-refractivity contribution in [2.45, 2.75) is 18.7 Å². The highest BCUT2D eigenvalue weighted by Crippen LogP contribution is 2.13. The van der Waals surface area contributed by atoms with Crippen molar-refractivity contribution >= 4 is 16.0 Å². The van der Waals surface area contributed by atoms with Gasteiger partial charge in [0, 0.05) is 11.4 Å². The molecule has 0 atom stereocenters. The first-order valence-corrected chi connectivity index (χ1v) is 7.21. The summed E-state index contributed by atoms with van der Waals surface area (Å²) in [4.78, 5) is 9.62. The molecule has 0 amide bonds. The second-order valence-corrected chi connectivity index (χ2v) is 5.79. The highest BCUT2D eigenvalue weighted by atomic mass is 32.2. The molecule has 0 saturated carbocycles. The van der Waals surface area contributed by atoms with Gasteiger partial charge in [-0.25, -0.2) is 22.8 Å². The van der Waals surface area contributed by atoms with Crippen LogP contribution >= 0.6 is 0 Å². The van der Waals surface area contributed by atoms with E-state index in [1.54, 1.807) is 19.9 Å². The van der Waals surface area contributed by atoms with Crippen molar-refractivity contribution in [3.05, 3.63) is 47.5 Å². The molecule has 0 spiro atoms. The average molecular weight is 296 g/mol. The van der Waals surface area contributed by atoms with Gasteiger partial charge in [0.25, 0.3) is 10.0 Å². The Morgan fingerprint density at radius 3 is 2.30 bits per heavy atom. The Bertz CT molecular complexity index is 714. The van der Waals surface area contributed by atoms with E-state index in [9.17, 15) is 12.8 Å². The Labute approximate surface area is 116 Å². The maximum absolute atomic E-state index is 13.5. The molecular formula is C12H13FN4O2S. The summed E-state index contributed by atoms with van der Waals surface area (Å²) in [5.74, 6) is -0.731. The Morgan fingerprint density at radius 1 is 1.10 bits per heavy atom. The van der Waals surface area contributed by atoms with E-state index in [-0.39, 0.29) is 5.95 Å². The molecule has 8 heteroatoms. The molecule has 2 rings (SSSR count). The standard InChI is InChI=1S/C12H13FN4O2S/c1-8-7-9(2)15-12(14-8)16-17-20(18,19)11-6-4-3-5-10(11)13/h3-7,17H,1-2H3,(H,14,15,16). The molecule has 6 nitrogen and oxygen atoms in total. The number of aryl methyl sites for hydroxylation is 2. The van der Waals surface area contributed by atoms with Gasteiger partial charge in [-0.05, 0) is 32.0 Å². The molecule has 1 heterocycles. The van der Waals surface area contributed by atoms with Crippen molar-refractivity contribution in [2.75, 3.05) is 5.43 Å². The van der Waals surface area contributed by atoms with Crippen LogP contribution < -0.4 is 10.3 Å². The molecule has 0 saturated heterocycles. The van der Waals surface area contributed by atoms with E-state index in [1.807, 2.05) is 4.83 Å². The van der Waals surface area contributed by atoms with Gasteiger partial charge in [0.05, 0.1) is 0 Å². The number of halogens is 1. The molecule has 2 N–H and O–H groups in total. The lowest BCUT2D eigenvalue weighted by Gasteiger charge is -2.09. The molecule has 1 aromatic carbocycles. The lowest BCUT2D eigenvalue weighted by Crippen LogP contribution is -2.31. The largest absolute Gasteiger partial charge is 0.276 e. The van der Waals surface area contributed by atoms with E-state index in [4.69, 9.17) is 0 Å².